The van der Waals surface area contributed by atoms with Gasteiger partial charge < -0.3 is 14.6 Å². The van der Waals surface area contributed by atoms with E-state index in [0.29, 0.717) is 29.8 Å². The van der Waals surface area contributed by atoms with E-state index in [1.807, 2.05) is 6.92 Å². The van der Waals surface area contributed by atoms with Gasteiger partial charge in [-0.3, -0.25) is 4.79 Å². The molecular formula is C17H21N3O3. The summed E-state index contributed by atoms with van der Waals surface area (Å²) in [6, 6.07) is 7.04. The van der Waals surface area contributed by atoms with Crippen LogP contribution in [0.5, 0.6) is 5.75 Å². The van der Waals surface area contributed by atoms with Gasteiger partial charge in [-0.15, -0.1) is 0 Å². The molecule has 6 nitrogen and oxygen atoms in total. The van der Waals surface area contributed by atoms with E-state index < -0.39 is 0 Å². The van der Waals surface area contributed by atoms with Crippen LogP contribution >= 0.6 is 0 Å². The summed E-state index contributed by atoms with van der Waals surface area (Å²) in [5.74, 6) is 2.20. The Kier molecular flexibility index (Phi) is 4.90. The maximum atomic E-state index is 12.1. The Bertz CT molecular complexity index is 645. The number of nitrogens with zero attached hydrogens (tertiary/aromatic N) is 2. The average molecular weight is 315 g/mol. The first kappa shape index (κ1) is 15.5. The van der Waals surface area contributed by atoms with Gasteiger partial charge in [0.15, 0.2) is 5.82 Å². The van der Waals surface area contributed by atoms with Crippen LogP contribution in [0.15, 0.2) is 28.8 Å². The number of aromatic nitrogens is 2. The summed E-state index contributed by atoms with van der Waals surface area (Å²) in [5.41, 5.74) is 0.577. The summed E-state index contributed by atoms with van der Waals surface area (Å²) in [6.45, 7) is 2.79. The van der Waals surface area contributed by atoms with Gasteiger partial charge in [-0.25, -0.2) is 0 Å². The van der Waals surface area contributed by atoms with Crippen molar-refractivity contribution in [2.24, 2.45) is 0 Å². The molecule has 0 radical (unpaired) electrons. The summed E-state index contributed by atoms with van der Waals surface area (Å²) in [4.78, 5) is 16.5. The van der Waals surface area contributed by atoms with E-state index in [1.165, 1.54) is 12.8 Å². The van der Waals surface area contributed by atoms with Crippen LogP contribution in [0.25, 0.3) is 0 Å². The monoisotopic (exact) mass is 315 g/mol. The zero-order valence-corrected chi connectivity index (χ0v) is 13.2. The van der Waals surface area contributed by atoms with Gasteiger partial charge in [-0.2, -0.15) is 4.98 Å². The molecule has 1 aromatic heterocycles. The summed E-state index contributed by atoms with van der Waals surface area (Å²) >= 11 is 0. The highest BCUT2D eigenvalue weighted by atomic mass is 16.5. The first-order valence-electron chi connectivity index (χ1n) is 8.10. The van der Waals surface area contributed by atoms with E-state index in [2.05, 4.69) is 15.5 Å². The minimum absolute atomic E-state index is 0.166. The highest BCUT2D eigenvalue weighted by Crippen LogP contribution is 2.32. The number of benzene rings is 1. The predicted molar refractivity (Wildman–Crippen MR) is 84.3 cm³/mol. The second-order valence-electron chi connectivity index (χ2n) is 5.67. The maximum Gasteiger partial charge on any atom is 0.251 e. The number of ether oxygens (including phenoxy) is 1. The molecule has 1 fully saturated rings. The SMILES string of the molecule is CCOc1ccc(C(=O)NCc2noc(C3CCCC3)n2)cc1. The number of hydrogen-bond acceptors (Lipinski definition) is 5. The number of carbonyl (C=O) groups is 1. The van der Waals surface area contributed by atoms with Crippen molar-refractivity contribution in [3.8, 4) is 5.75 Å². The number of amides is 1. The normalized spacial score (nSPS) is 14.8. The van der Waals surface area contributed by atoms with Crippen LogP contribution in [-0.4, -0.2) is 22.7 Å². The van der Waals surface area contributed by atoms with Gasteiger partial charge in [0, 0.05) is 11.5 Å². The predicted octanol–water partition coefficient (Wildman–Crippen LogP) is 3.06. The lowest BCUT2D eigenvalue weighted by atomic mass is 10.1. The minimum atomic E-state index is -0.166. The second-order valence-corrected chi connectivity index (χ2v) is 5.67. The summed E-state index contributed by atoms with van der Waals surface area (Å²) in [7, 11) is 0. The van der Waals surface area contributed by atoms with Gasteiger partial charge in [0.05, 0.1) is 13.2 Å². The quantitative estimate of drug-likeness (QED) is 0.886. The van der Waals surface area contributed by atoms with E-state index in [9.17, 15) is 4.79 Å². The molecule has 122 valence electrons. The molecule has 1 aliphatic rings. The first-order chi connectivity index (χ1) is 11.3. The summed E-state index contributed by atoms with van der Waals surface area (Å²) < 4.78 is 10.7. The fourth-order valence-corrected chi connectivity index (χ4v) is 2.81. The molecular weight excluding hydrogens is 294 g/mol. The molecule has 1 saturated carbocycles. The van der Waals surface area contributed by atoms with Crippen molar-refractivity contribution >= 4 is 5.91 Å². The Morgan fingerprint density at radius 3 is 2.74 bits per heavy atom. The topological polar surface area (TPSA) is 77.2 Å². The van der Waals surface area contributed by atoms with Crippen molar-refractivity contribution in [3.05, 3.63) is 41.5 Å². The number of nitrogens with one attached hydrogen (secondary N) is 1. The van der Waals surface area contributed by atoms with E-state index in [-0.39, 0.29) is 12.5 Å². The molecule has 0 unspecified atom stereocenters. The standard InChI is InChI=1S/C17H21N3O3/c1-2-22-14-9-7-12(8-10-14)16(21)18-11-15-19-17(23-20-15)13-5-3-4-6-13/h7-10,13H,2-6,11H2,1H3,(H,18,21). The third kappa shape index (κ3) is 3.88. The lowest BCUT2D eigenvalue weighted by Gasteiger charge is -2.05. The van der Waals surface area contributed by atoms with Crippen molar-refractivity contribution in [1.82, 2.24) is 15.5 Å². The molecule has 2 aromatic rings. The summed E-state index contributed by atoms with van der Waals surface area (Å²) in [6.07, 6.45) is 4.66. The first-order valence-corrected chi connectivity index (χ1v) is 8.10. The van der Waals surface area contributed by atoms with Crippen molar-refractivity contribution < 1.29 is 14.1 Å². The van der Waals surface area contributed by atoms with Crippen LogP contribution in [0.1, 0.15) is 60.6 Å². The largest absolute Gasteiger partial charge is 0.494 e. The second kappa shape index (κ2) is 7.26. The lowest BCUT2D eigenvalue weighted by Crippen LogP contribution is -2.23. The molecule has 1 aliphatic carbocycles. The average Bonchev–Trinajstić information content (AvgIpc) is 3.25. The zero-order chi connectivity index (χ0) is 16.1. The van der Waals surface area contributed by atoms with Gasteiger partial charge in [-0.05, 0) is 44.0 Å². The molecule has 0 spiro atoms. The Labute approximate surface area is 135 Å². The van der Waals surface area contributed by atoms with E-state index in [0.717, 1.165) is 18.6 Å². The lowest BCUT2D eigenvalue weighted by molar-refractivity contribution is 0.0949. The third-order valence-corrected chi connectivity index (χ3v) is 4.02. The van der Waals surface area contributed by atoms with Gasteiger partial charge in [-0.1, -0.05) is 18.0 Å². The van der Waals surface area contributed by atoms with Crippen LogP contribution < -0.4 is 10.1 Å². The highest BCUT2D eigenvalue weighted by molar-refractivity contribution is 5.94. The maximum absolute atomic E-state index is 12.1. The molecule has 1 heterocycles. The van der Waals surface area contributed by atoms with Crippen molar-refractivity contribution in [1.29, 1.82) is 0 Å². The smallest absolute Gasteiger partial charge is 0.251 e. The van der Waals surface area contributed by atoms with Crippen LogP contribution in [0, 0.1) is 0 Å². The number of rotatable bonds is 6. The third-order valence-electron chi connectivity index (χ3n) is 4.02. The molecule has 1 N–H and O–H groups in total. The molecule has 0 aliphatic heterocycles. The Hall–Kier alpha value is -2.37. The molecule has 1 amide bonds. The fourth-order valence-electron chi connectivity index (χ4n) is 2.81. The van der Waals surface area contributed by atoms with E-state index >= 15 is 0 Å². The number of hydrogen-bond donors (Lipinski definition) is 1. The fraction of sp³-hybridized carbons (Fsp3) is 0.471. The van der Waals surface area contributed by atoms with Crippen molar-refractivity contribution in [3.63, 3.8) is 0 Å². The van der Waals surface area contributed by atoms with Gasteiger partial charge in [0.1, 0.15) is 5.75 Å². The molecule has 0 saturated heterocycles. The summed E-state index contributed by atoms with van der Waals surface area (Å²) in [5, 5.41) is 6.75. The van der Waals surface area contributed by atoms with Crippen LogP contribution in [0.4, 0.5) is 0 Å². The molecule has 23 heavy (non-hydrogen) atoms. The Morgan fingerprint density at radius 2 is 2.04 bits per heavy atom. The number of carbonyl (C=O) groups excluding carboxylic acids is 1. The van der Waals surface area contributed by atoms with Gasteiger partial charge in [0.2, 0.25) is 5.89 Å². The van der Waals surface area contributed by atoms with Gasteiger partial charge >= 0.3 is 0 Å². The molecule has 6 heteroatoms. The zero-order valence-electron chi connectivity index (χ0n) is 13.2. The molecule has 3 rings (SSSR count). The van der Waals surface area contributed by atoms with Gasteiger partial charge in [0.25, 0.3) is 5.91 Å². The molecule has 0 bridgehead atoms. The minimum Gasteiger partial charge on any atom is -0.494 e. The van der Waals surface area contributed by atoms with Crippen LogP contribution in [-0.2, 0) is 6.54 Å². The molecule has 1 aromatic carbocycles. The Morgan fingerprint density at radius 1 is 1.30 bits per heavy atom. The van der Waals surface area contributed by atoms with Crippen LogP contribution in [0.2, 0.25) is 0 Å². The molecule has 0 atom stereocenters. The van der Waals surface area contributed by atoms with E-state index in [1.54, 1.807) is 24.3 Å². The Balaban J connectivity index is 1.54. The van der Waals surface area contributed by atoms with Crippen molar-refractivity contribution in [2.45, 2.75) is 45.1 Å². The van der Waals surface area contributed by atoms with Crippen molar-refractivity contribution in [2.75, 3.05) is 6.61 Å². The van der Waals surface area contributed by atoms with Crippen LogP contribution in [0.3, 0.4) is 0 Å². The van der Waals surface area contributed by atoms with E-state index in [4.69, 9.17) is 9.26 Å². The highest BCUT2D eigenvalue weighted by Gasteiger charge is 2.23.